The molecule has 4 heteroatoms. The highest BCUT2D eigenvalue weighted by Crippen LogP contribution is 2.28. The first-order chi connectivity index (χ1) is 7.61. The number of hydrogen-bond acceptors (Lipinski definition) is 2. The maximum Gasteiger partial charge on any atom is 0.140 e. The molecule has 0 aromatic heterocycles. The van der Waals surface area contributed by atoms with Crippen LogP contribution in [0.5, 0.6) is 0 Å². The molecule has 1 aliphatic heterocycles. The molecule has 2 rings (SSSR count). The van der Waals surface area contributed by atoms with Crippen molar-refractivity contribution in [1.82, 2.24) is 0 Å². The fourth-order valence-corrected chi connectivity index (χ4v) is 2.37. The lowest BCUT2D eigenvalue weighted by atomic mass is 9.87. The Bertz CT molecular complexity index is 375. The Balaban J connectivity index is 2.16. The number of ether oxygens (including phenoxy) is 1. The average Bonchev–Trinajstić information content (AvgIpc) is 2.26. The lowest BCUT2D eigenvalue weighted by Gasteiger charge is -2.32. The van der Waals surface area contributed by atoms with E-state index in [9.17, 15) is 9.50 Å². The summed E-state index contributed by atoms with van der Waals surface area (Å²) in [4.78, 5) is 0. The summed E-state index contributed by atoms with van der Waals surface area (Å²) in [6.45, 7) is 1.10. The van der Waals surface area contributed by atoms with Gasteiger partial charge in [-0.25, -0.2) is 4.39 Å². The van der Waals surface area contributed by atoms with Gasteiger partial charge in [-0.1, -0.05) is 12.1 Å². The van der Waals surface area contributed by atoms with Crippen LogP contribution in [0.2, 0.25) is 0 Å². The predicted octanol–water partition coefficient (Wildman–Crippen LogP) is 2.67. The van der Waals surface area contributed by atoms with E-state index in [0.29, 0.717) is 42.5 Å². The fourth-order valence-electron chi connectivity index (χ4n) is 1.97. The Morgan fingerprint density at radius 1 is 1.38 bits per heavy atom. The van der Waals surface area contributed by atoms with Gasteiger partial charge in [0.1, 0.15) is 5.82 Å². The number of hydrogen-bond donors (Lipinski definition) is 1. The Hall–Kier alpha value is -0.450. The van der Waals surface area contributed by atoms with E-state index in [-0.39, 0.29) is 5.82 Å². The molecule has 1 saturated heterocycles. The molecule has 1 aromatic rings. The van der Waals surface area contributed by atoms with E-state index in [1.165, 1.54) is 0 Å². The molecule has 0 saturated carbocycles. The van der Waals surface area contributed by atoms with Crippen molar-refractivity contribution in [3.63, 3.8) is 0 Å². The molecule has 0 spiro atoms. The van der Waals surface area contributed by atoms with Gasteiger partial charge in [-0.05, 0) is 40.4 Å². The van der Waals surface area contributed by atoms with Crippen molar-refractivity contribution in [2.24, 2.45) is 0 Å². The molecule has 16 heavy (non-hydrogen) atoms. The quantitative estimate of drug-likeness (QED) is 0.907. The molecule has 88 valence electrons. The van der Waals surface area contributed by atoms with Gasteiger partial charge in [-0.15, -0.1) is 0 Å². The molecule has 0 radical (unpaired) electrons. The van der Waals surface area contributed by atoms with Crippen LogP contribution in [0.25, 0.3) is 0 Å². The first kappa shape index (κ1) is 12.0. The summed E-state index contributed by atoms with van der Waals surface area (Å²) in [6, 6.07) is 5.16. The first-order valence-electron chi connectivity index (χ1n) is 5.34. The summed E-state index contributed by atoms with van der Waals surface area (Å²) in [5.41, 5.74) is -0.265. The zero-order valence-corrected chi connectivity index (χ0v) is 10.5. The van der Waals surface area contributed by atoms with Gasteiger partial charge in [-0.3, -0.25) is 0 Å². The summed E-state index contributed by atoms with van der Waals surface area (Å²) < 4.78 is 19.4. The van der Waals surface area contributed by atoms with Crippen molar-refractivity contribution in [1.29, 1.82) is 0 Å². The minimum atomic E-state index is -0.820. The Labute approximate surface area is 103 Å². The van der Waals surface area contributed by atoms with Gasteiger partial charge in [0.05, 0.1) is 10.1 Å². The van der Waals surface area contributed by atoms with E-state index in [4.69, 9.17) is 4.74 Å². The van der Waals surface area contributed by atoms with E-state index in [0.717, 1.165) is 0 Å². The maximum absolute atomic E-state index is 13.7. The number of benzene rings is 1. The maximum atomic E-state index is 13.7. The molecule has 1 heterocycles. The van der Waals surface area contributed by atoms with Crippen LogP contribution in [-0.2, 0) is 11.2 Å². The van der Waals surface area contributed by atoms with Gasteiger partial charge >= 0.3 is 0 Å². The summed E-state index contributed by atoms with van der Waals surface area (Å²) in [7, 11) is 0. The van der Waals surface area contributed by atoms with Crippen LogP contribution in [-0.4, -0.2) is 23.9 Å². The molecule has 1 fully saturated rings. The van der Waals surface area contributed by atoms with Gasteiger partial charge < -0.3 is 9.84 Å². The van der Waals surface area contributed by atoms with Gasteiger partial charge in [0.15, 0.2) is 0 Å². The third-order valence-corrected chi connectivity index (χ3v) is 3.59. The van der Waals surface area contributed by atoms with Crippen LogP contribution < -0.4 is 0 Å². The molecule has 0 amide bonds. The Morgan fingerprint density at radius 2 is 2.06 bits per heavy atom. The van der Waals surface area contributed by atoms with Crippen molar-refractivity contribution in [3.8, 4) is 0 Å². The van der Waals surface area contributed by atoms with E-state index in [1.54, 1.807) is 18.2 Å². The van der Waals surface area contributed by atoms with Crippen LogP contribution in [0, 0.1) is 5.82 Å². The summed E-state index contributed by atoms with van der Waals surface area (Å²) in [5, 5.41) is 10.3. The van der Waals surface area contributed by atoms with E-state index in [1.807, 2.05) is 0 Å². The molecule has 2 nitrogen and oxygen atoms in total. The van der Waals surface area contributed by atoms with Gasteiger partial charge in [0.25, 0.3) is 0 Å². The minimum Gasteiger partial charge on any atom is -0.389 e. The van der Waals surface area contributed by atoms with E-state index >= 15 is 0 Å². The standard InChI is InChI=1S/C12H14BrFO2/c13-10-3-1-2-9(11(10)14)8-12(15)4-6-16-7-5-12/h1-3,15H,4-8H2. The fraction of sp³-hybridized carbons (Fsp3) is 0.500. The topological polar surface area (TPSA) is 29.5 Å². The van der Waals surface area contributed by atoms with Crippen LogP contribution in [0.4, 0.5) is 4.39 Å². The molecule has 0 unspecified atom stereocenters. The monoisotopic (exact) mass is 288 g/mol. The van der Waals surface area contributed by atoms with Crippen molar-refractivity contribution in [2.45, 2.75) is 24.9 Å². The number of halogens is 2. The molecule has 1 aliphatic rings. The lowest BCUT2D eigenvalue weighted by Crippen LogP contribution is -2.38. The largest absolute Gasteiger partial charge is 0.389 e. The normalized spacial score (nSPS) is 19.7. The SMILES string of the molecule is OC1(Cc2cccc(Br)c2F)CCOCC1. The Morgan fingerprint density at radius 3 is 2.75 bits per heavy atom. The van der Waals surface area contributed by atoms with Crippen molar-refractivity contribution >= 4 is 15.9 Å². The van der Waals surface area contributed by atoms with E-state index < -0.39 is 5.60 Å². The van der Waals surface area contributed by atoms with Crippen molar-refractivity contribution in [2.75, 3.05) is 13.2 Å². The second-order valence-electron chi connectivity index (χ2n) is 4.23. The second-order valence-corrected chi connectivity index (χ2v) is 5.08. The lowest BCUT2D eigenvalue weighted by molar-refractivity contribution is -0.0629. The smallest absolute Gasteiger partial charge is 0.140 e. The van der Waals surface area contributed by atoms with Gasteiger partial charge in [0, 0.05) is 19.6 Å². The first-order valence-corrected chi connectivity index (χ1v) is 6.13. The average molecular weight is 289 g/mol. The van der Waals surface area contributed by atoms with Crippen LogP contribution >= 0.6 is 15.9 Å². The minimum absolute atomic E-state index is 0.276. The summed E-state index contributed by atoms with van der Waals surface area (Å²) in [6.07, 6.45) is 1.49. The number of aliphatic hydroxyl groups is 1. The van der Waals surface area contributed by atoms with Gasteiger partial charge in [-0.2, -0.15) is 0 Å². The van der Waals surface area contributed by atoms with Crippen LogP contribution in [0.1, 0.15) is 18.4 Å². The van der Waals surface area contributed by atoms with Gasteiger partial charge in [0.2, 0.25) is 0 Å². The highest BCUT2D eigenvalue weighted by atomic mass is 79.9. The predicted molar refractivity (Wildman–Crippen MR) is 62.8 cm³/mol. The van der Waals surface area contributed by atoms with Crippen LogP contribution in [0.3, 0.4) is 0 Å². The van der Waals surface area contributed by atoms with Crippen LogP contribution in [0.15, 0.2) is 22.7 Å². The highest BCUT2D eigenvalue weighted by molar-refractivity contribution is 9.10. The Kier molecular flexibility index (Phi) is 3.62. The summed E-state index contributed by atoms with van der Waals surface area (Å²) >= 11 is 3.15. The van der Waals surface area contributed by atoms with Crippen molar-refractivity contribution < 1.29 is 14.2 Å². The molecular formula is C12H14BrFO2. The van der Waals surface area contributed by atoms with Crippen molar-refractivity contribution in [3.05, 3.63) is 34.1 Å². The van der Waals surface area contributed by atoms with E-state index in [2.05, 4.69) is 15.9 Å². The molecule has 1 aromatic carbocycles. The summed E-state index contributed by atoms with van der Waals surface area (Å²) in [5.74, 6) is -0.276. The molecule has 0 aliphatic carbocycles. The zero-order chi connectivity index (χ0) is 11.6. The third-order valence-electron chi connectivity index (χ3n) is 2.97. The molecular weight excluding hydrogens is 275 g/mol. The molecule has 1 N–H and O–H groups in total. The second kappa shape index (κ2) is 4.82. The molecule has 0 bridgehead atoms. The number of rotatable bonds is 2. The molecule has 0 atom stereocenters. The third kappa shape index (κ3) is 2.62. The highest BCUT2D eigenvalue weighted by Gasteiger charge is 2.31. The zero-order valence-electron chi connectivity index (χ0n) is 8.88.